The number of carboxylic acid groups (broad SMARTS) is 2. The molecule has 0 fully saturated rings. The average Bonchev–Trinajstić information content (AvgIpc) is 3.99. The average molecular weight is 1250 g/mol. The molecule has 8 bridgehead atoms. The van der Waals surface area contributed by atoms with E-state index < -0.39 is 147 Å². The van der Waals surface area contributed by atoms with Crippen LogP contribution in [0.1, 0.15) is 62.3 Å². The van der Waals surface area contributed by atoms with Gasteiger partial charge in [0.2, 0.25) is 11.6 Å². The number of benzene rings is 6. The van der Waals surface area contributed by atoms with Gasteiger partial charge in [-0.3, -0.25) is 0 Å². The summed E-state index contributed by atoms with van der Waals surface area (Å²) in [5.41, 5.74) is -7.68. The summed E-state index contributed by atoms with van der Waals surface area (Å²) in [6.45, 7) is 8.53. The fourth-order valence-electron chi connectivity index (χ4n) is 8.80. The number of hydrogen-bond donors (Lipinski definition) is 4. The minimum absolute atomic E-state index is 0.00384. The highest BCUT2D eigenvalue weighted by Gasteiger charge is 2.38. The Morgan fingerprint density at radius 3 is 1.21 bits per heavy atom. The summed E-state index contributed by atoms with van der Waals surface area (Å²) in [6.07, 6.45) is 0. The molecule has 0 saturated carbocycles. The number of ether oxygens (including phenoxy) is 4. The number of aromatic amines is 2. The number of fused-ring (bicyclic) bond motifs is 20. The van der Waals surface area contributed by atoms with Crippen LogP contribution in [0, 0.1) is 34.9 Å². The number of halogens is 12. The third kappa shape index (κ3) is 9.30. The third-order valence-corrected chi connectivity index (χ3v) is 14.6. The van der Waals surface area contributed by atoms with Gasteiger partial charge in [0.25, 0.3) is 0 Å². The molecule has 0 atom stereocenters. The van der Waals surface area contributed by atoms with Gasteiger partial charge in [0.1, 0.15) is 55.3 Å². The maximum absolute atomic E-state index is 17.3. The summed E-state index contributed by atoms with van der Waals surface area (Å²) >= 11 is 42.5. The van der Waals surface area contributed by atoms with Crippen molar-refractivity contribution in [1.82, 2.24) is 39.9 Å². The molecule has 28 heteroatoms. The Kier molecular flexibility index (Phi) is 13.6. The van der Waals surface area contributed by atoms with Crippen molar-refractivity contribution in [3.05, 3.63) is 125 Å². The summed E-state index contributed by atoms with van der Waals surface area (Å²) in [4.78, 5) is 56.0. The van der Waals surface area contributed by atoms with Gasteiger partial charge >= 0.3 is 11.9 Å². The van der Waals surface area contributed by atoms with Crippen molar-refractivity contribution < 1.29 is 65.1 Å². The van der Waals surface area contributed by atoms with Gasteiger partial charge in [0, 0.05) is 0 Å². The summed E-state index contributed by atoms with van der Waals surface area (Å²) in [7, 11) is 0. The molecule has 3 aromatic heterocycles. The molecule has 11 rings (SSSR count). The van der Waals surface area contributed by atoms with E-state index in [2.05, 4.69) is 34.9 Å². The van der Waals surface area contributed by atoms with E-state index in [0.717, 1.165) is 0 Å². The lowest BCUT2D eigenvalue weighted by Gasteiger charge is -2.23. The molecule has 4 N–H and O–H groups in total. The van der Waals surface area contributed by atoms with Gasteiger partial charge in [-0.25, -0.2) is 57.1 Å². The van der Waals surface area contributed by atoms with Crippen LogP contribution in [0.5, 0.6) is 34.5 Å². The van der Waals surface area contributed by atoms with E-state index in [-0.39, 0.29) is 76.7 Å². The van der Waals surface area contributed by atoms with Gasteiger partial charge in [-0.1, -0.05) is 69.6 Å². The maximum atomic E-state index is 17.3. The van der Waals surface area contributed by atoms with Crippen molar-refractivity contribution in [3.63, 3.8) is 0 Å². The number of rotatable bonds is 8. The van der Waals surface area contributed by atoms with Crippen LogP contribution >= 0.6 is 69.6 Å². The van der Waals surface area contributed by atoms with Crippen molar-refractivity contribution in [2.24, 2.45) is 0 Å². The number of aromatic nitrogens is 8. The van der Waals surface area contributed by atoms with Crippen LogP contribution < -0.4 is 18.9 Å². The Bertz CT molecular complexity index is 4540. The van der Waals surface area contributed by atoms with E-state index in [4.69, 9.17) is 93.5 Å². The molecule has 0 spiro atoms. The Labute approximate surface area is 485 Å². The van der Waals surface area contributed by atoms with E-state index in [9.17, 15) is 19.8 Å². The first kappa shape index (κ1) is 56.0. The maximum Gasteiger partial charge on any atom is 0.335 e. The number of aromatic carboxylic acids is 2. The summed E-state index contributed by atoms with van der Waals surface area (Å²) < 4.78 is 125. The Balaban J connectivity index is 1.33. The zero-order valence-electron chi connectivity index (χ0n) is 42.2. The Morgan fingerprint density at radius 2 is 0.756 bits per heavy atom. The molecule has 82 heavy (non-hydrogen) atoms. The zero-order chi connectivity index (χ0) is 59.1. The minimum Gasteiger partial charge on any atom is -0.482 e. The molecule has 418 valence electrons. The SMILES string of the molecule is CC(C)(C)Oc1c(F)c(F)c2c(c1F)-c1nc-2nc2[nH]c(nc3nc(nc4[nH]c(n1)c1c(F)c(F)c(OC(C)(C)C)c(F)c41)-c1c(Cl)c(Cl)c(Oc4ccc(C(=O)O)cc4)c(Cl)c1-3)c1c(Cl)c(Cl)c(Oc3ccc(C(=O)O)cc3)c(Cl)c21. The molecular weight excluding hydrogens is 1220 g/mol. The van der Waals surface area contributed by atoms with Crippen LogP contribution in [-0.4, -0.2) is 73.2 Å². The molecule has 0 aliphatic carbocycles. The minimum atomic E-state index is -1.85. The van der Waals surface area contributed by atoms with Crippen molar-refractivity contribution in [3.8, 4) is 80.0 Å². The molecule has 0 saturated heterocycles. The number of nitrogens with zero attached hydrogens (tertiary/aromatic N) is 6. The lowest BCUT2D eigenvalue weighted by atomic mass is 10.0. The molecule has 16 nitrogen and oxygen atoms in total. The topological polar surface area (TPSA) is 220 Å². The quantitative estimate of drug-likeness (QED) is 0.0821. The summed E-state index contributed by atoms with van der Waals surface area (Å²) in [6, 6.07) is 10.0. The number of nitrogens with one attached hydrogen (secondary N) is 2. The molecule has 0 amide bonds. The fourth-order valence-corrected chi connectivity index (χ4v) is 10.5. The van der Waals surface area contributed by atoms with E-state index in [0.29, 0.717) is 0 Å². The molecule has 0 unspecified atom stereocenters. The second-order valence-electron chi connectivity index (χ2n) is 20.0. The standard InChI is InChI=1S/C54H30Cl6F6N8O8/c1-53(2,3)81-41-35(63)25-24(34(62)38(41)66)48-73-49(25)70-44-20-21(29(57)39(32(60)28(20)56)79-17-11-7-15(8-12-17)51(75)76)45(69-44)67-43-19-22(30(58)40(31(59)27(19)55)80-18-13-9-16(10-14-18)52(77)78)46(68-43)71-47-23-26(50(72-47)74-48)36(64)42(37(65)33(23)61)82-54(4,5)6/h7-14H,1-6H3,(H,75,76)(H,77,78)(H2,67,68,69,70,71,72,73,74). The second-order valence-corrected chi connectivity index (χ2v) is 22.3. The molecule has 2 aliphatic rings. The predicted molar refractivity (Wildman–Crippen MR) is 294 cm³/mol. The second kappa shape index (κ2) is 19.9. The predicted octanol–water partition coefficient (Wildman–Crippen LogP) is 17.0. The largest absolute Gasteiger partial charge is 0.482 e. The first-order chi connectivity index (χ1) is 38.5. The molecule has 2 aliphatic heterocycles. The lowest BCUT2D eigenvalue weighted by Crippen LogP contribution is -2.24. The van der Waals surface area contributed by atoms with Crippen molar-refractivity contribution in [2.75, 3.05) is 0 Å². The number of hydrogen-bond acceptors (Lipinski definition) is 12. The van der Waals surface area contributed by atoms with Crippen molar-refractivity contribution in [1.29, 1.82) is 0 Å². The third-order valence-electron chi connectivity index (χ3n) is 12.2. The highest BCUT2D eigenvalue weighted by Crippen LogP contribution is 2.55. The number of H-pyrrole nitrogens is 2. The molecule has 6 aromatic carbocycles. The normalized spacial score (nSPS) is 12.2. The molecule has 9 aromatic rings. The van der Waals surface area contributed by atoms with Gasteiger partial charge in [0.15, 0.2) is 69.6 Å². The first-order valence-electron chi connectivity index (χ1n) is 23.6. The van der Waals surface area contributed by atoms with Crippen LogP contribution in [-0.2, 0) is 0 Å². The first-order valence-corrected chi connectivity index (χ1v) is 25.9. The fraction of sp³-hybridized carbons (Fsp3) is 0.148. The molecule has 5 heterocycles. The van der Waals surface area contributed by atoms with E-state index in [1.165, 1.54) is 90.1 Å². The molecule has 0 radical (unpaired) electrons. The van der Waals surface area contributed by atoms with Crippen molar-refractivity contribution >= 4 is 126 Å². The number of carboxylic acids is 2. The van der Waals surface area contributed by atoms with Crippen LogP contribution in [0.25, 0.3) is 89.7 Å². The molecular formula is C54H30Cl6F6N8O8. The van der Waals surface area contributed by atoms with E-state index >= 15 is 26.3 Å². The van der Waals surface area contributed by atoms with Gasteiger partial charge in [-0.05, 0) is 90.1 Å². The smallest absolute Gasteiger partial charge is 0.335 e. The summed E-state index contributed by atoms with van der Waals surface area (Å²) in [5, 5.41) is 14.4. The van der Waals surface area contributed by atoms with Crippen molar-refractivity contribution in [2.45, 2.75) is 52.7 Å². The van der Waals surface area contributed by atoms with Crippen LogP contribution in [0.3, 0.4) is 0 Å². The van der Waals surface area contributed by atoms with Crippen LogP contribution in [0.2, 0.25) is 30.1 Å². The van der Waals surface area contributed by atoms with Gasteiger partial charge in [0.05, 0.1) is 75.0 Å². The van der Waals surface area contributed by atoms with E-state index in [1.54, 1.807) is 0 Å². The zero-order valence-corrected chi connectivity index (χ0v) is 46.7. The van der Waals surface area contributed by atoms with Crippen LogP contribution in [0.15, 0.2) is 48.5 Å². The highest BCUT2D eigenvalue weighted by molar-refractivity contribution is 6.51. The lowest BCUT2D eigenvalue weighted by molar-refractivity contribution is 0.0686. The van der Waals surface area contributed by atoms with Gasteiger partial charge in [-0.2, -0.15) is 8.78 Å². The van der Waals surface area contributed by atoms with Gasteiger partial charge < -0.3 is 39.1 Å². The summed E-state index contributed by atoms with van der Waals surface area (Å²) in [5.74, 6) is -18.8. The highest BCUT2D eigenvalue weighted by atomic mass is 35.5. The van der Waals surface area contributed by atoms with E-state index in [1.807, 2.05) is 0 Å². The Hall–Kier alpha value is -7.86. The Morgan fingerprint density at radius 1 is 0.402 bits per heavy atom. The number of carbonyl (C=O) groups is 2. The van der Waals surface area contributed by atoms with Crippen LogP contribution in [0.4, 0.5) is 26.3 Å². The monoisotopic (exact) mass is 1240 g/mol. The van der Waals surface area contributed by atoms with Gasteiger partial charge in [-0.15, -0.1) is 0 Å².